The Labute approximate surface area is 122 Å². The molecular formula is C15H18BrN3. The molecule has 0 amide bonds. The fourth-order valence-electron chi connectivity index (χ4n) is 2.67. The van der Waals surface area contributed by atoms with Crippen LogP contribution in [0.25, 0.3) is 11.1 Å². The van der Waals surface area contributed by atoms with E-state index in [4.69, 9.17) is 5.10 Å². The van der Waals surface area contributed by atoms with Crippen molar-refractivity contribution in [2.24, 2.45) is 0 Å². The quantitative estimate of drug-likeness (QED) is 0.917. The average molecular weight is 320 g/mol. The number of benzene rings is 1. The lowest BCUT2D eigenvalue weighted by Crippen LogP contribution is -2.31. The predicted molar refractivity (Wildman–Crippen MR) is 81.2 cm³/mol. The zero-order valence-corrected chi connectivity index (χ0v) is 12.7. The summed E-state index contributed by atoms with van der Waals surface area (Å²) >= 11 is 3.53. The Morgan fingerprint density at radius 2 is 2.32 bits per heavy atom. The second-order valence-electron chi connectivity index (χ2n) is 5.12. The molecule has 1 saturated heterocycles. The van der Waals surface area contributed by atoms with Gasteiger partial charge in [-0.15, -0.1) is 0 Å². The lowest BCUT2D eigenvalue weighted by molar-refractivity contribution is 0.346. The summed E-state index contributed by atoms with van der Waals surface area (Å²) < 4.78 is 3.24. The van der Waals surface area contributed by atoms with Crippen LogP contribution in [0, 0.1) is 6.92 Å². The Morgan fingerprint density at radius 1 is 1.42 bits per heavy atom. The highest BCUT2D eigenvalue weighted by atomic mass is 79.9. The van der Waals surface area contributed by atoms with Gasteiger partial charge in [-0.25, -0.2) is 0 Å². The van der Waals surface area contributed by atoms with Gasteiger partial charge in [0.15, 0.2) is 0 Å². The van der Waals surface area contributed by atoms with E-state index in [1.54, 1.807) is 0 Å². The van der Waals surface area contributed by atoms with E-state index >= 15 is 0 Å². The first-order valence-corrected chi connectivity index (χ1v) is 7.56. The van der Waals surface area contributed by atoms with Crippen molar-refractivity contribution in [1.29, 1.82) is 0 Å². The van der Waals surface area contributed by atoms with Crippen molar-refractivity contribution in [2.75, 3.05) is 13.1 Å². The molecule has 1 fully saturated rings. The normalized spacial score (nSPS) is 19.6. The zero-order chi connectivity index (χ0) is 13.2. The Morgan fingerprint density at radius 3 is 3.05 bits per heavy atom. The minimum atomic E-state index is 0.494. The number of halogens is 1. The summed E-state index contributed by atoms with van der Waals surface area (Å²) in [6.45, 7) is 4.25. The first-order chi connectivity index (χ1) is 9.24. The lowest BCUT2D eigenvalue weighted by Gasteiger charge is -2.22. The summed E-state index contributed by atoms with van der Waals surface area (Å²) in [6, 6.07) is 8.90. The second-order valence-corrected chi connectivity index (χ2v) is 6.03. The minimum absolute atomic E-state index is 0.494. The Kier molecular flexibility index (Phi) is 3.71. The van der Waals surface area contributed by atoms with Crippen LogP contribution >= 0.6 is 15.9 Å². The molecule has 1 N–H and O–H groups in total. The molecule has 2 aromatic rings. The number of nitrogens with one attached hydrogen (secondary N) is 1. The molecule has 0 saturated carbocycles. The van der Waals surface area contributed by atoms with Crippen molar-refractivity contribution in [2.45, 2.75) is 25.8 Å². The molecule has 100 valence electrons. The molecule has 1 aliphatic rings. The van der Waals surface area contributed by atoms with Gasteiger partial charge in [0.2, 0.25) is 0 Å². The van der Waals surface area contributed by atoms with Crippen LogP contribution in [0.5, 0.6) is 0 Å². The summed E-state index contributed by atoms with van der Waals surface area (Å²) in [5.41, 5.74) is 3.55. The van der Waals surface area contributed by atoms with Crippen molar-refractivity contribution >= 4 is 15.9 Å². The van der Waals surface area contributed by atoms with Crippen LogP contribution in [0.2, 0.25) is 0 Å². The van der Waals surface area contributed by atoms with Crippen LogP contribution in [-0.4, -0.2) is 22.9 Å². The largest absolute Gasteiger partial charge is 0.315 e. The highest BCUT2D eigenvalue weighted by molar-refractivity contribution is 9.10. The van der Waals surface area contributed by atoms with Crippen molar-refractivity contribution in [1.82, 2.24) is 15.1 Å². The van der Waals surface area contributed by atoms with Gasteiger partial charge < -0.3 is 5.32 Å². The van der Waals surface area contributed by atoms with Gasteiger partial charge in [0.1, 0.15) is 0 Å². The van der Waals surface area contributed by atoms with Crippen LogP contribution in [-0.2, 0) is 0 Å². The average Bonchev–Trinajstić information content (AvgIpc) is 2.82. The number of piperidine rings is 1. The molecule has 0 bridgehead atoms. The van der Waals surface area contributed by atoms with Gasteiger partial charge in [-0.05, 0) is 44.0 Å². The molecule has 4 heteroatoms. The molecule has 3 nitrogen and oxygen atoms in total. The van der Waals surface area contributed by atoms with Gasteiger partial charge in [-0.1, -0.05) is 28.1 Å². The van der Waals surface area contributed by atoms with E-state index in [0.717, 1.165) is 23.3 Å². The van der Waals surface area contributed by atoms with Gasteiger partial charge in [-0.2, -0.15) is 5.10 Å². The molecule has 1 atom stereocenters. The number of aryl methyl sites for hydroxylation is 1. The molecule has 0 radical (unpaired) electrons. The van der Waals surface area contributed by atoms with Crippen molar-refractivity contribution in [3.8, 4) is 11.1 Å². The summed E-state index contributed by atoms with van der Waals surface area (Å²) in [5, 5.41) is 8.14. The number of aromatic nitrogens is 2. The molecular weight excluding hydrogens is 302 g/mol. The fraction of sp³-hybridized carbons (Fsp3) is 0.400. The minimum Gasteiger partial charge on any atom is -0.315 e. The van der Waals surface area contributed by atoms with Crippen LogP contribution in [0.3, 0.4) is 0 Å². The van der Waals surface area contributed by atoms with Crippen LogP contribution in [0.4, 0.5) is 0 Å². The van der Waals surface area contributed by atoms with Crippen LogP contribution in [0.15, 0.2) is 34.9 Å². The third-order valence-corrected chi connectivity index (χ3v) is 4.19. The fourth-order valence-corrected chi connectivity index (χ4v) is 3.07. The molecule has 0 aliphatic carbocycles. The maximum absolute atomic E-state index is 4.70. The molecule has 1 aromatic carbocycles. The predicted octanol–water partition coefficient (Wildman–Crippen LogP) is 3.55. The summed E-state index contributed by atoms with van der Waals surface area (Å²) in [6.07, 6.45) is 4.64. The van der Waals surface area contributed by atoms with E-state index in [0.29, 0.717) is 6.04 Å². The molecule has 1 aromatic heterocycles. The van der Waals surface area contributed by atoms with Crippen molar-refractivity contribution < 1.29 is 0 Å². The zero-order valence-electron chi connectivity index (χ0n) is 11.1. The highest BCUT2D eigenvalue weighted by Crippen LogP contribution is 2.27. The molecule has 3 rings (SSSR count). The molecule has 1 aliphatic heterocycles. The monoisotopic (exact) mass is 319 g/mol. The SMILES string of the molecule is Cc1nn(C2CCCNC2)cc1-c1cccc(Br)c1. The van der Waals surface area contributed by atoms with Gasteiger partial charge in [0, 0.05) is 22.8 Å². The summed E-state index contributed by atoms with van der Waals surface area (Å²) in [4.78, 5) is 0. The molecule has 1 unspecified atom stereocenters. The third-order valence-electron chi connectivity index (χ3n) is 3.70. The first-order valence-electron chi connectivity index (χ1n) is 6.76. The lowest BCUT2D eigenvalue weighted by atomic mass is 10.1. The smallest absolute Gasteiger partial charge is 0.0672 e. The Hall–Kier alpha value is -1.13. The van der Waals surface area contributed by atoms with Gasteiger partial charge in [0.05, 0.1) is 11.7 Å². The second kappa shape index (κ2) is 5.47. The Bertz CT molecular complexity index is 571. The van der Waals surface area contributed by atoms with E-state index in [9.17, 15) is 0 Å². The standard InChI is InChI=1S/C15H18BrN3/c1-11-15(12-4-2-5-13(16)8-12)10-19(18-11)14-6-3-7-17-9-14/h2,4-5,8,10,14,17H,3,6-7,9H2,1H3. The first kappa shape index (κ1) is 12.9. The van der Waals surface area contributed by atoms with Crippen LogP contribution < -0.4 is 5.32 Å². The van der Waals surface area contributed by atoms with E-state index in [-0.39, 0.29) is 0 Å². The summed E-state index contributed by atoms with van der Waals surface area (Å²) in [5.74, 6) is 0. The summed E-state index contributed by atoms with van der Waals surface area (Å²) in [7, 11) is 0. The Balaban J connectivity index is 1.92. The van der Waals surface area contributed by atoms with Gasteiger partial charge in [0.25, 0.3) is 0 Å². The van der Waals surface area contributed by atoms with Gasteiger partial charge >= 0.3 is 0 Å². The van der Waals surface area contributed by atoms with Crippen molar-refractivity contribution in [3.63, 3.8) is 0 Å². The maximum atomic E-state index is 4.70. The third kappa shape index (κ3) is 2.74. The number of nitrogens with zero attached hydrogens (tertiary/aromatic N) is 2. The highest BCUT2D eigenvalue weighted by Gasteiger charge is 2.17. The van der Waals surface area contributed by atoms with Crippen molar-refractivity contribution in [3.05, 3.63) is 40.6 Å². The van der Waals surface area contributed by atoms with E-state index in [1.807, 2.05) is 6.07 Å². The van der Waals surface area contributed by atoms with E-state index < -0.39 is 0 Å². The maximum Gasteiger partial charge on any atom is 0.0672 e. The number of hydrogen-bond donors (Lipinski definition) is 1. The van der Waals surface area contributed by atoms with E-state index in [1.165, 1.54) is 24.0 Å². The van der Waals surface area contributed by atoms with E-state index in [2.05, 4.69) is 57.2 Å². The van der Waals surface area contributed by atoms with Gasteiger partial charge in [-0.3, -0.25) is 4.68 Å². The number of rotatable bonds is 2. The molecule has 19 heavy (non-hydrogen) atoms. The van der Waals surface area contributed by atoms with Crippen LogP contribution in [0.1, 0.15) is 24.6 Å². The topological polar surface area (TPSA) is 29.9 Å². The number of hydrogen-bond acceptors (Lipinski definition) is 2. The molecule has 0 spiro atoms. The molecule has 2 heterocycles.